The van der Waals surface area contributed by atoms with Crippen LogP contribution in [0.15, 0.2) is 35.3 Å². The number of fused-ring (bicyclic) bond motifs is 5. The lowest BCUT2D eigenvalue weighted by molar-refractivity contribution is 0.901. The van der Waals surface area contributed by atoms with Gasteiger partial charge in [-0.2, -0.15) is 5.26 Å². The largest absolute Gasteiger partial charge is 0.358 e. The van der Waals surface area contributed by atoms with Crippen molar-refractivity contribution in [3.63, 3.8) is 0 Å². The van der Waals surface area contributed by atoms with Crippen LogP contribution in [0.25, 0.3) is 22.0 Å². The number of pyridine rings is 1. The van der Waals surface area contributed by atoms with E-state index in [0.29, 0.717) is 0 Å². The predicted octanol–water partition coefficient (Wildman–Crippen LogP) is 2.49. The van der Waals surface area contributed by atoms with Crippen LogP contribution in [-0.4, -0.2) is 9.97 Å². The molecule has 1 aromatic carbocycles. The molecule has 0 saturated heterocycles. The van der Waals surface area contributed by atoms with Crippen LogP contribution in [0.2, 0.25) is 0 Å². The number of hydrogen-bond donors (Lipinski definition) is 2. The van der Waals surface area contributed by atoms with Crippen molar-refractivity contribution in [2.75, 3.05) is 0 Å². The highest BCUT2D eigenvalue weighted by molar-refractivity contribution is 5.99. The molecule has 3 aromatic rings. The maximum Gasteiger partial charge on any atom is 0.266 e. The Labute approximate surface area is 114 Å². The number of aryl methyl sites for hydroxylation is 1. The van der Waals surface area contributed by atoms with Crippen molar-refractivity contribution in [2.24, 2.45) is 0 Å². The minimum absolute atomic E-state index is 0.249. The lowest BCUT2D eigenvalue weighted by Crippen LogP contribution is -2.17. The average molecular weight is 261 g/mol. The van der Waals surface area contributed by atoms with Gasteiger partial charge in [0.05, 0.1) is 0 Å². The number of nitrogens with zero attached hydrogens (tertiary/aromatic N) is 1. The zero-order chi connectivity index (χ0) is 13.7. The van der Waals surface area contributed by atoms with Gasteiger partial charge < -0.3 is 9.97 Å². The number of aromatic nitrogens is 2. The van der Waals surface area contributed by atoms with Crippen molar-refractivity contribution >= 4 is 10.9 Å². The molecule has 2 aromatic heterocycles. The summed E-state index contributed by atoms with van der Waals surface area (Å²) in [6.07, 6.45) is 3.29. The molecule has 0 spiro atoms. The Bertz CT molecular complexity index is 940. The third-order valence-corrected chi connectivity index (χ3v) is 3.99. The topological polar surface area (TPSA) is 72.4 Å². The number of aromatic amines is 2. The van der Waals surface area contributed by atoms with Gasteiger partial charge in [0.2, 0.25) is 0 Å². The normalized spacial score (nSPS) is 12.8. The van der Waals surface area contributed by atoms with E-state index >= 15 is 0 Å². The zero-order valence-corrected chi connectivity index (χ0v) is 10.7. The molecule has 4 heteroatoms. The Morgan fingerprint density at radius 2 is 2.05 bits per heavy atom. The van der Waals surface area contributed by atoms with Crippen LogP contribution in [0.5, 0.6) is 0 Å². The van der Waals surface area contributed by atoms with Crippen LogP contribution in [0, 0.1) is 11.3 Å². The van der Waals surface area contributed by atoms with Gasteiger partial charge in [0, 0.05) is 33.9 Å². The summed E-state index contributed by atoms with van der Waals surface area (Å²) < 4.78 is 0. The van der Waals surface area contributed by atoms with Gasteiger partial charge >= 0.3 is 0 Å². The molecule has 0 unspecified atom stereocenters. The van der Waals surface area contributed by atoms with Gasteiger partial charge in [-0.1, -0.05) is 18.2 Å². The van der Waals surface area contributed by atoms with Gasteiger partial charge in [-0.05, 0) is 24.5 Å². The van der Waals surface area contributed by atoms with Crippen molar-refractivity contribution in [1.29, 1.82) is 5.26 Å². The second-order valence-electron chi connectivity index (χ2n) is 5.02. The number of nitrogens with one attached hydrogen (secondary N) is 2. The Balaban J connectivity index is 2.14. The Morgan fingerprint density at radius 1 is 1.20 bits per heavy atom. The fourth-order valence-electron chi connectivity index (χ4n) is 3.11. The first-order valence-corrected chi connectivity index (χ1v) is 6.54. The molecule has 0 saturated carbocycles. The molecule has 0 aliphatic heterocycles. The van der Waals surface area contributed by atoms with Gasteiger partial charge in [0.15, 0.2) is 0 Å². The van der Waals surface area contributed by atoms with E-state index in [-0.39, 0.29) is 11.1 Å². The third kappa shape index (κ3) is 1.32. The smallest absolute Gasteiger partial charge is 0.266 e. The molecule has 0 amide bonds. The molecule has 2 N–H and O–H groups in total. The van der Waals surface area contributed by atoms with Crippen molar-refractivity contribution in [2.45, 2.75) is 12.8 Å². The van der Waals surface area contributed by atoms with Crippen LogP contribution in [0.3, 0.4) is 0 Å². The fraction of sp³-hybridized carbons (Fsp3) is 0.125. The number of hydrogen-bond acceptors (Lipinski definition) is 2. The molecule has 20 heavy (non-hydrogen) atoms. The zero-order valence-electron chi connectivity index (χ0n) is 10.7. The average Bonchev–Trinajstić information content (AvgIpc) is 2.85. The second kappa shape index (κ2) is 3.84. The van der Waals surface area contributed by atoms with E-state index in [9.17, 15) is 10.1 Å². The number of H-pyrrole nitrogens is 2. The van der Waals surface area contributed by atoms with E-state index in [1.807, 2.05) is 24.3 Å². The van der Waals surface area contributed by atoms with Gasteiger partial charge in [0.1, 0.15) is 11.6 Å². The highest BCUT2D eigenvalue weighted by Gasteiger charge is 2.24. The molecule has 4 nitrogen and oxygen atoms in total. The molecule has 4 rings (SSSR count). The quantitative estimate of drug-likeness (QED) is 0.652. The molecule has 96 valence electrons. The van der Waals surface area contributed by atoms with Crippen LogP contribution < -0.4 is 5.56 Å². The maximum atomic E-state index is 11.8. The molecular formula is C16H11N3O. The summed E-state index contributed by atoms with van der Waals surface area (Å²) in [6.45, 7) is 0. The standard InChI is InChI=1S/C16H11N3O/c17-7-11-9-5-6-14-15(12(9)8-18-16(11)20)10-3-1-2-4-13(10)19-14/h1-4,8,19H,5-6H2,(H,18,20). The minimum atomic E-state index is -0.297. The molecule has 0 radical (unpaired) electrons. The van der Waals surface area contributed by atoms with E-state index < -0.39 is 0 Å². The summed E-state index contributed by atoms with van der Waals surface area (Å²) in [4.78, 5) is 17.9. The summed E-state index contributed by atoms with van der Waals surface area (Å²) >= 11 is 0. The van der Waals surface area contributed by atoms with Crippen molar-refractivity contribution < 1.29 is 0 Å². The molecule has 1 aliphatic rings. The van der Waals surface area contributed by atoms with E-state index in [0.717, 1.165) is 40.4 Å². The molecule has 1 aliphatic carbocycles. The maximum absolute atomic E-state index is 11.8. The minimum Gasteiger partial charge on any atom is -0.358 e. The number of para-hydroxylation sites is 1. The molecular weight excluding hydrogens is 250 g/mol. The Hall–Kier alpha value is -2.80. The van der Waals surface area contributed by atoms with Gasteiger partial charge in [-0.3, -0.25) is 4.79 Å². The van der Waals surface area contributed by atoms with Crippen molar-refractivity contribution in [1.82, 2.24) is 9.97 Å². The second-order valence-corrected chi connectivity index (χ2v) is 5.02. The lowest BCUT2D eigenvalue weighted by Gasteiger charge is -2.17. The first-order chi connectivity index (χ1) is 9.79. The molecule has 0 fully saturated rings. The SMILES string of the molecule is N#Cc1c2c(c[nH]c1=O)-c1c([nH]c3ccccc13)CC2. The predicted molar refractivity (Wildman–Crippen MR) is 76.5 cm³/mol. The van der Waals surface area contributed by atoms with Gasteiger partial charge in [0.25, 0.3) is 5.56 Å². The Morgan fingerprint density at radius 3 is 2.90 bits per heavy atom. The van der Waals surface area contributed by atoms with Crippen LogP contribution in [-0.2, 0) is 12.8 Å². The van der Waals surface area contributed by atoms with E-state index in [2.05, 4.69) is 16.0 Å². The molecule has 0 atom stereocenters. The summed E-state index contributed by atoms with van der Waals surface area (Å²) in [6, 6.07) is 10.2. The Kier molecular flexibility index (Phi) is 2.13. The van der Waals surface area contributed by atoms with E-state index in [1.165, 1.54) is 5.69 Å². The molecule has 2 heterocycles. The van der Waals surface area contributed by atoms with Gasteiger partial charge in [-0.25, -0.2) is 0 Å². The van der Waals surface area contributed by atoms with Crippen LogP contribution in [0.1, 0.15) is 16.8 Å². The van der Waals surface area contributed by atoms with Gasteiger partial charge in [-0.15, -0.1) is 0 Å². The van der Waals surface area contributed by atoms with Crippen molar-refractivity contribution in [3.8, 4) is 17.2 Å². The van der Waals surface area contributed by atoms with Crippen molar-refractivity contribution in [3.05, 3.63) is 57.6 Å². The summed E-state index contributed by atoms with van der Waals surface area (Å²) in [5, 5.41) is 10.3. The summed E-state index contributed by atoms with van der Waals surface area (Å²) in [7, 11) is 0. The third-order valence-electron chi connectivity index (χ3n) is 3.99. The van der Waals surface area contributed by atoms with Crippen LogP contribution in [0.4, 0.5) is 0 Å². The molecule has 0 bridgehead atoms. The van der Waals surface area contributed by atoms with E-state index in [1.54, 1.807) is 6.20 Å². The number of rotatable bonds is 0. The first-order valence-electron chi connectivity index (χ1n) is 6.54. The summed E-state index contributed by atoms with van der Waals surface area (Å²) in [5.41, 5.74) is 5.18. The highest BCUT2D eigenvalue weighted by atomic mass is 16.1. The summed E-state index contributed by atoms with van der Waals surface area (Å²) in [5.74, 6) is 0. The lowest BCUT2D eigenvalue weighted by atomic mass is 9.87. The number of benzene rings is 1. The fourth-order valence-corrected chi connectivity index (χ4v) is 3.11. The number of nitriles is 1. The van der Waals surface area contributed by atoms with Crippen LogP contribution >= 0.6 is 0 Å². The monoisotopic (exact) mass is 261 g/mol. The highest BCUT2D eigenvalue weighted by Crippen LogP contribution is 2.38. The first kappa shape index (κ1) is 11.1. The van der Waals surface area contributed by atoms with E-state index in [4.69, 9.17) is 0 Å².